The first-order valence-electron chi connectivity index (χ1n) is 7.42. The molecule has 0 rings (SSSR count). The zero-order chi connectivity index (χ0) is 13.5. The summed E-state index contributed by atoms with van der Waals surface area (Å²) in [6.07, 6.45) is 6.72. The van der Waals surface area contributed by atoms with Crippen molar-refractivity contribution in [2.75, 3.05) is 7.05 Å². The van der Waals surface area contributed by atoms with Gasteiger partial charge in [-0.1, -0.05) is 54.4 Å². The predicted molar refractivity (Wildman–Crippen MR) is 79.4 cm³/mol. The molecule has 0 amide bonds. The van der Waals surface area contributed by atoms with E-state index in [-0.39, 0.29) is 0 Å². The topological polar surface area (TPSA) is 12.0 Å². The fraction of sp³-hybridized carbons (Fsp3) is 1.00. The minimum absolute atomic E-state index is 0.468. The van der Waals surface area contributed by atoms with Crippen LogP contribution in [-0.2, 0) is 0 Å². The fourth-order valence-electron chi connectivity index (χ4n) is 2.77. The molecule has 0 aliphatic rings. The van der Waals surface area contributed by atoms with Crippen molar-refractivity contribution in [3.05, 3.63) is 0 Å². The summed E-state index contributed by atoms with van der Waals surface area (Å²) < 4.78 is 0. The van der Waals surface area contributed by atoms with Crippen molar-refractivity contribution in [1.29, 1.82) is 0 Å². The lowest BCUT2D eigenvalue weighted by atomic mass is 9.82. The van der Waals surface area contributed by atoms with E-state index in [1.807, 2.05) is 0 Å². The molecule has 2 unspecified atom stereocenters. The van der Waals surface area contributed by atoms with Crippen molar-refractivity contribution in [2.24, 2.45) is 17.3 Å². The van der Waals surface area contributed by atoms with Crippen molar-refractivity contribution < 1.29 is 0 Å². The van der Waals surface area contributed by atoms with E-state index in [1.165, 1.54) is 32.1 Å². The molecule has 1 nitrogen and oxygen atoms in total. The van der Waals surface area contributed by atoms with E-state index in [9.17, 15) is 0 Å². The Morgan fingerprint density at radius 3 is 2.00 bits per heavy atom. The van der Waals surface area contributed by atoms with E-state index in [0.29, 0.717) is 11.5 Å². The van der Waals surface area contributed by atoms with Crippen LogP contribution in [0.4, 0.5) is 0 Å². The normalized spacial score (nSPS) is 16.2. The molecule has 1 heteroatoms. The van der Waals surface area contributed by atoms with Crippen molar-refractivity contribution in [3.63, 3.8) is 0 Å². The lowest BCUT2D eigenvalue weighted by molar-refractivity contribution is 0.272. The molecule has 17 heavy (non-hydrogen) atoms. The van der Waals surface area contributed by atoms with Gasteiger partial charge in [0, 0.05) is 6.04 Å². The van der Waals surface area contributed by atoms with E-state index in [0.717, 1.165) is 11.8 Å². The van der Waals surface area contributed by atoms with Gasteiger partial charge >= 0.3 is 0 Å². The van der Waals surface area contributed by atoms with E-state index >= 15 is 0 Å². The highest BCUT2D eigenvalue weighted by Gasteiger charge is 2.18. The quantitative estimate of drug-likeness (QED) is 0.639. The second kappa shape index (κ2) is 8.13. The van der Waals surface area contributed by atoms with E-state index in [1.54, 1.807) is 0 Å². The number of hydrogen-bond donors (Lipinski definition) is 1. The highest BCUT2D eigenvalue weighted by molar-refractivity contribution is 4.73. The molecule has 0 bridgehead atoms. The van der Waals surface area contributed by atoms with Crippen LogP contribution in [0.3, 0.4) is 0 Å². The minimum atomic E-state index is 0.468. The Hall–Kier alpha value is -0.0400. The van der Waals surface area contributed by atoms with Crippen LogP contribution in [0, 0.1) is 17.3 Å². The second-order valence-electron chi connectivity index (χ2n) is 7.42. The molecule has 0 saturated heterocycles. The maximum atomic E-state index is 3.49. The van der Waals surface area contributed by atoms with Crippen LogP contribution in [-0.4, -0.2) is 13.1 Å². The Morgan fingerprint density at radius 1 is 1.00 bits per heavy atom. The first-order chi connectivity index (χ1) is 7.74. The Morgan fingerprint density at radius 2 is 1.59 bits per heavy atom. The van der Waals surface area contributed by atoms with Gasteiger partial charge in [0.25, 0.3) is 0 Å². The number of rotatable bonds is 8. The summed E-state index contributed by atoms with van der Waals surface area (Å²) in [4.78, 5) is 0. The van der Waals surface area contributed by atoms with Crippen molar-refractivity contribution in [1.82, 2.24) is 5.32 Å². The van der Waals surface area contributed by atoms with Crippen molar-refractivity contribution in [2.45, 2.75) is 79.7 Å². The second-order valence-corrected chi connectivity index (χ2v) is 7.42. The minimum Gasteiger partial charge on any atom is -0.317 e. The highest BCUT2D eigenvalue weighted by Crippen LogP contribution is 2.27. The zero-order valence-corrected chi connectivity index (χ0v) is 13.3. The maximum absolute atomic E-state index is 3.49. The van der Waals surface area contributed by atoms with Gasteiger partial charge in [-0.25, -0.2) is 0 Å². The lowest BCUT2D eigenvalue weighted by Crippen LogP contribution is -2.28. The van der Waals surface area contributed by atoms with Gasteiger partial charge in [-0.3, -0.25) is 0 Å². The summed E-state index contributed by atoms with van der Waals surface area (Å²) in [6, 6.07) is 0.714. The third-order valence-electron chi connectivity index (χ3n) is 3.39. The maximum Gasteiger partial charge on any atom is 0.00666 e. The molecule has 0 aliphatic heterocycles. The fourth-order valence-corrected chi connectivity index (χ4v) is 2.77. The summed E-state index contributed by atoms with van der Waals surface area (Å²) in [5.74, 6) is 1.67. The Labute approximate surface area is 110 Å². The molecule has 1 N–H and O–H groups in total. The van der Waals surface area contributed by atoms with E-state index in [4.69, 9.17) is 0 Å². The summed E-state index contributed by atoms with van der Waals surface area (Å²) in [7, 11) is 2.11. The Bertz CT molecular complexity index is 178. The number of nitrogens with one attached hydrogen (secondary N) is 1. The summed E-state index contributed by atoms with van der Waals surface area (Å²) in [5.41, 5.74) is 0.468. The van der Waals surface area contributed by atoms with Gasteiger partial charge in [0.1, 0.15) is 0 Å². The molecule has 0 heterocycles. The predicted octanol–water partition coefficient (Wildman–Crippen LogP) is 4.86. The van der Waals surface area contributed by atoms with Gasteiger partial charge in [-0.2, -0.15) is 0 Å². The van der Waals surface area contributed by atoms with Crippen LogP contribution >= 0.6 is 0 Å². The van der Waals surface area contributed by atoms with Gasteiger partial charge in [-0.15, -0.1) is 0 Å². The van der Waals surface area contributed by atoms with Gasteiger partial charge in [-0.05, 0) is 43.6 Å². The van der Waals surface area contributed by atoms with E-state index < -0.39 is 0 Å². The van der Waals surface area contributed by atoms with Gasteiger partial charge in [0.05, 0.1) is 0 Å². The van der Waals surface area contributed by atoms with Crippen molar-refractivity contribution >= 4 is 0 Å². The molecule has 0 aromatic rings. The summed E-state index contributed by atoms with van der Waals surface area (Å²) in [6.45, 7) is 14.1. The average Bonchev–Trinajstić information content (AvgIpc) is 2.12. The first kappa shape index (κ1) is 17.0. The molecule has 2 atom stereocenters. The molecular formula is C16H35N. The van der Waals surface area contributed by atoms with Gasteiger partial charge in [0.2, 0.25) is 0 Å². The third-order valence-corrected chi connectivity index (χ3v) is 3.39. The van der Waals surface area contributed by atoms with Crippen LogP contribution < -0.4 is 5.32 Å². The molecule has 0 aromatic heterocycles. The Balaban J connectivity index is 3.87. The van der Waals surface area contributed by atoms with Crippen LogP contribution in [0.15, 0.2) is 0 Å². The van der Waals surface area contributed by atoms with Gasteiger partial charge in [0.15, 0.2) is 0 Å². The average molecular weight is 241 g/mol. The standard InChI is InChI=1S/C16H35N/c1-13(2)9-8-10-15(17-7)11-14(3)12-16(4,5)6/h13-15,17H,8-12H2,1-7H3. The molecule has 0 fully saturated rings. The Kier molecular flexibility index (Phi) is 8.11. The number of hydrogen-bond acceptors (Lipinski definition) is 1. The molecule has 0 radical (unpaired) electrons. The molecular weight excluding hydrogens is 206 g/mol. The van der Waals surface area contributed by atoms with Crippen LogP contribution in [0.5, 0.6) is 0 Å². The zero-order valence-electron chi connectivity index (χ0n) is 13.3. The van der Waals surface area contributed by atoms with Crippen LogP contribution in [0.2, 0.25) is 0 Å². The van der Waals surface area contributed by atoms with Gasteiger partial charge < -0.3 is 5.32 Å². The van der Waals surface area contributed by atoms with Crippen LogP contribution in [0.1, 0.15) is 73.6 Å². The first-order valence-corrected chi connectivity index (χ1v) is 7.42. The smallest absolute Gasteiger partial charge is 0.00666 e. The molecule has 104 valence electrons. The highest BCUT2D eigenvalue weighted by atomic mass is 14.9. The summed E-state index contributed by atoms with van der Waals surface area (Å²) >= 11 is 0. The molecule has 0 spiro atoms. The van der Waals surface area contributed by atoms with Crippen molar-refractivity contribution in [3.8, 4) is 0 Å². The molecule has 0 aliphatic carbocycles. The van der Waals surface area contributed by atoms with E-state index in [2.05, 4.69) is 53.9 Å². The SMILES string of the molecule is CNC(CCCC(C)C)CC(C)CC(C)(C)C. The lowest BCUT2D eigenvalue weighted by Gasteiger charge is -2.26. The molecule has 0 saturated carbocycles. The largest absolute Gasteiger partial charge is 0.317 e. The third kappa shape index (κ3) is 10.8. The molecule has 0 aromatic carbocycles. The van der Waals surface area contributed by atoms with Crippen LogP contribution in [0.25, 0.3) is 0 Å². The summed E-state index contributed by atoms with van der Waals surface area (Å²) in [5, 5.41) is 3.49. The monoisotopic (exact) mass is 241 g/mol.